The van der Waals surface area contributed by atoms with E-state index < -0.39 is 0 Å². The molecule has 2 rings (SSSR count). The van der Waals surface area contributed by atoms with Crippen LogP contribution in [0.5, 0.6) is 0 Å². The minimum Gasteiger partial charge on any atom is -0.394 e. The molecule has 5 heteroatoms. The summed E-state index contributed by atoms with van der Waals surface area (Å²) in [6.07, 6.45) is 0. The maximum Gasteiger partial charge on any atom is 0.152 e. The van der Waals surface area contributed by atoms with E-state index in [1.807, 2.05) is 43.9 Å². The molecule has 0 bridgehead atoms. The largest absolute Gasteiger partial charge is 0.394 e. The summed E-state index contributed by atoms with van der Waals surface area (Å²) in [4.78, 5) is 2.07. The van der Waals surface area contributed by atoms with Crippen molar-refractivity contribution in [3.05, 3.63) is 30.0 Å². The third-order valence-corrected chi connectivity index (χ3v) is 3.11. The predicted molar refractivity (Wildman–Crippen MR) is 81.1 cm³/mol. The van der Waals surface area contributed by atoms with Gasteiger partial charge in [0, 0.05) is 20.6 Å². The van der Waals surface area contributed by atoms with Crippen LogP contribution < -0.4 is 16.0 Å². The standard InChI is InChI=1S/C14H21N5/c1-5-19-14(13(15)10(2)17-19)16-11-8-6-7-9-12(11)18(3)4/h6-9,16H,5,15H2,1-4H3. The molecule has 1 aromatic carbocycles. The number of nitrogen functional groups attached to an aromatic ring is 1. The maximum atomic E-state index is 6.09. The van der Waals surface area contributed by atoms with Crippen LogP contribution in [-0.2, 0) is 6.54 Å². The molecule has 3 N–H and O–H groups in total. The van der Waals surface area contributed by atoms with Crippen LogP contribution in [0.2, 0.25) is 0 Å². The number of aryl methyl sites for hydroxylation is 2. The quantitative estimate of drug-likeness (QED) is 0.886. The molecular weight excluding hydrogens is 238 g/mol. The molecule has 0 spiro atoms. The number of benzene rings is 1. The molecule has 1 aromatic heterocycles. The zero-order chi connectivity index (χ0) is 14.0. The molecule has 1 heterocycles. The summed E-state index contributed by atoms with van der Waals surface area (Å²) in [7, 11) is 4.04. The Hall–Kier alpha value is -2.17. The van der Waals surface area contributed by atoms with Gasteiger partial charge in [-0.2, -0.15) is 5.10 Å². The number of anilines is 4. The zero-order valence-corrected chi connectivity index (χ0v) is 11.9. The Morgan fingerprint density at radius 2 is 2.00 bits per heavy atom. The van der Waals surface area contributed by atoms with Crippen molar-refractivity contribution in [2.24, 2.45) is 0 Å². The van der Waals surface area contributed by atoms with Crippen LogP contribution in [0.4, 0.5) is 22.9 Å². The fourth-order valence-corrected chi connectivity index (χ4v) is 2.05. The smallest absolute Gasteiger partial charge is 0.152 e. The first-order valence-corrected chi connectivity index (χ1v) is 6.40. The monoisotopic (exact) mass is 259 g/mol. The summed E-state index contributed by atoms with van der Waals surface area (Å²) < 4.78 is 1.89. The number of hydrogen-bond donors (Lipinski definition) is 2. The number of aromatic nitrogens is 2. The van der Waals surface area contributed by atoms with Gasteiger partial charge in [-0.3, -0.25) is 0 Å². The van der Waals surface area contributed by atoms with Gasteiger partial charge in [0.2, 0.25) is 0 Å². The van der Waals surface area contributed by atoms with Crippen molar-refractivity contribution in [1.29, 1.82) is 0 Å². The SMILES string of the molecule is CCn1nc(C)c(N)c1Nc1ccccc1N(C)C. The maximum absolute atomic E-state index is 6.09. The second-order valence-corrected chi connectivity index (χ2v) is 4.70. The Balaban J connectivity index is 2.42. The van der Waals surface area contributed by atoms with Crippen molar-refractivity contribution in [3.8, 4) is 0 Å². The molecule has 102 valence electrons. The van der Waals surface area contributed by atoms with Gasteiger partial charge in [0.15, 0.2) is 5.82 Å². The van der Waals surface area contributed by atoms with E-state index in [0.717, 1.165) is 29.4 Å². The molecule has 0 aliphatic heterocycles. The Bertz CT molecular complexity index is 571. The van der Waals surface area contributed by atoms with E-state index in [1.165, 1.54) is 0 Å². The lowest BCUT2D eigenvalue weighted by molar-refractivity contribution is 0.661. The first kappa shape index (κ1) is 13.3. The molecule has 0 aliphatic carbocycles. The van der Waals surface area contributed by atoms with Gasteiger partial charge in [0.05, 0.1) is 22.8 Å². The van der Waals surface area contributed by atoms with Crippen LogP contribution in [0, 0.1) is 6.92 Å². The lowest BCUT2D eigenvalue weighted by Crippen LogP contribution is -2.12. The van der Waals surface area contributed by atoms with Gasteiger partial charge in [-0.1, -0.05) is 12.1 Å². The minimum absolute atomic E-state index is 0.704. The van der Waals surface area contributed by atoms with Crippen LogP contribution in [-0.4, -0.2) is 23.9 Å². The van der Waals surface area contributed by atoms with Gasteiger partial charge in [-0.25, -0.2) is 4.68 Å². The fourth-order valence-electron chi connectivity index (χ4n) is 2.05. The summed E-state index contributed by atoms with van der Waals surface area (Å²) in [6.45, 7) is 4.75. The first-order chi connectivity index (χ1) is 9.04. The topological polar surface area (TPSA) is 59.1 Å². The van der Waals surface area contributed by atoms with Crippen LogP contribution in [0.25, 0.3) is 0 Å². The highest BCUT2D eigenvalue weighted by molar-refractivity contribution is 5.78. The van der Waals surface area contributed by atoms with E-state index in [9.17, 15) is 0 Å². The summed E-state index contributed by atoms with van der Waals surface area (Å²) in [5.41, 5.74) is 9.79. The van der Waals surface area contributed by atoms with E-state index >= 15 is 0 Å². The molecule has 5 nitrogen and oxygen atoms in total. The number of nitrogens with two attached hydrogens (primary N) is 1. The van der Waals surface area contributed by atoms with E-state index in [2.05, 4.69) is 28.3 Å². The van der Waals surface area contributed by atoms with Gasteiger partial charge in [0.1, 0.15) is 0 Å². The molecule has 0 unspecified atom stereocenters. The highest BCUT2D eigenvalue weighted by Crippen LogP contribution is 2.31. The van der Waals surface area contributed by atoms with E-state index in [4.69, 9.17) is 5.73 Å². The van der Waals surface area contributed by atoms with Crippen molar-refractivity contribution >= 4 is 22.9 Å². The van der Waals surface area contributed by atoms with Crippen LogP contribution >= 0.6 is 0 Å². The van der Waals surface area contributed by atoms with Crippen molar-refractivity contribution in [2.75, 3.05) is 30.0 Å². The van der Waals surface area contributed by atoms with Gasteiger partial charge in [-0.15, -0.1) is 0 Å². The normalized spacial score (nSPS) is 10.5. The molecule has 0 radical (unpaired) electrons. The summed E-state index contributed by atoms with van der Waals surface area (Å²) in [5, 5.41) is 7.81. The highest BCUT2D eigenvalue weighted by Gasteiger charge is 2.13. The molecule has 19 heavy (non-hydrogen) atoms. The molecule has 2 aromatic rings. The Kier molecular flexibility index (Phi) is 3.64. The van der Waals surface area contributed by atoms with Crippen molar-refractivity contribution in [1.82, 2.24) is 9.78 Å². The minimum atomic E-state index is 0.704. The average Bonchev–Trinajstić information content (AvgIpc) is 2.67. The summed E-state index contributed by atoms with van der Waals surface area (Å²) in [6, 6.07) is 8.13. The Labute approximate surface area is 114 Å². The fraction of sp³-hybridized carbons (Fsp3) is 0.357. The molecule has 0 atom stereocenters. The predicted octanol–water partition coefficient (Wildman–Crippen LogP) is 2.60. The number of nitrogens with zero attached hydrogens (tertiary/aromatic N) is 3. The van der Waals surface area contributed by atoms with Crippen LogP contribution in [0.3, 0.4) is 0 Å². The average molecular weight is 259 g/mol. The Morgan fingerprint density at radius 1 is 1.32 bits per heavy atom. The molecule has 0 aliphatic rings. The van der Waals surface area contributed by atoms with E-state index in [1.54, 1.807) is 0 Å². The van der Waals surface area contributed by atoms with Gasteiger partial charge in [-0.05, 0) is 26.0 Å². The van der Waals surface area contributed by atoms with Crippen molar-refractivity contribution in [3.63, 3.8) is 0 Å². The second kappa shape index (κ2) is 5.22. The summed E-state index contributed by atoms with van der Waals surface area (Å²) in [5.74, 6) is 0.856. The van der Waals surface area contributed by atoms with Gasteiger partial charge < -0.3 is 16.0 Å². The third-order valence-electron chi connectivity index (χ3n) is 3.11. The summed E-state index contributed by atoms with van der Waals surface area (Å²) >= 11 is 0. The van der Waals surface area contributed by atoms with Crippen LogP contribution in [0.1, 0.15) is 12.6 Å². The number of para-hydroxylation sites is 2. The van der Waals surface area contributed by atoms with E-state index in [0.29, 0.717) is 5.69 Å². The Morgan fingerprint density at radius 3 is 2.63 bits per heavy atom. The lowest BCUT2D eigenvalue weighted by Gasteiger charge is -2.19. The second-order valence-electron chi connectivity index (χ2n) is 4.70. The molecule has 0 saturated carbocycles. The molecule has 0 saturated heterocycles. The van der Waals surface area contributed by atoms with E-state index in [-0.39, 0.29) is 0 Å². The zero-order valence-electron chi connectivity index (χ0n) is 11.9. The first-order valence-electron chi connectivity index (χ1n) is 6.40. The number of hydrogen-bond acceptors (Lipinski definition) is 4. The lowest BCUT2D eigenvalue weighted by atomic mass is 10.2. The van der Waals surface area contributed by atoms with Gasteiger partial charge >= 0.3 is 0 Å². The number of rotatable bonds is 4. The third kappa shape index (κ3) is 2.50. The molecular formula is C14H21N5. The molecule has 0 fully saturated rings. The van der Waals surface area contributed by atoms with Gasteiger partial charge in [0.25, 0.3) is 0 Å². The van der Waals surface area contributed by atoms with Crippen molar-refractivity contribution < 1.29 is 0 Å². The highest BCUT2D eigenvalue weighted by atomic mass is 15.3. The van der Waals surface area contributed by atoms with Crippen LogP contribution in [0.15, 0.2) is 24.3 Å². The number of nitrogens with one attached hydrogen (secondary N) is 1. The van der Waals surface area contributed by atoms with Crippen molar-refractivity contribution in [2.45, 2.75) is 20.4 Å². The molecule has 0 amide bonds.